The molecule has 3 aromatic heterocycles. The van der Waals surface area contributed by atoms with E-state index in [2.05, 4.69) is 20.0 Å². The van der Waals surface area contributed by atoms with Crippen molar-refractivity contribution in [3.05, 3.63) is 46.5 Å². The van der Waals surface area contributed by atoms with Crippen molar-refractivity contribution in [3.63, 3.8) is 0 Å². The molecular weight excluding hydrogens is 270 g/mol. The predicted molar refractivity (Wildman–Crippen MR) is 77.7 cm³/mol. The summed E-state index contributed by atoms with van der Waals surface area (Å²) in [6, 6.07) is 3.89. The molecule has 0 aliphatic carbocycles. The van der Waals surface area contributed by atoms with E-state index in [0.29, 0.717) is 23.4 Å². The number of nitrogens with zero attached hydrogens (tertiary/aromatic N) is 4. The molecule has 7 heteroatoms. The number of aryl methyl sites for hydroxylation is 1. The molecule has 3 rings (SSSR count). The minimum atomic E-state index is -0.165. The summed E-state index contributed by atoms with van der Waals surface area (Å²) < 4.78 is 7.01. The zero-order chi connectivity index (χ0) is 15.0. The second kappa shape index (κ2) is 5.17. The molecule has 0 saturated heterocycles. The van der Waals surface area contributed by atoms with Gasteiger partial charge in [0, 0.05) is 7.05 Å². The zero-order valence-electron chi connectivity index (χ0n) is 12.2. The zero-order valence-corrected chi connectivity index (χ0v) is 12.2. The molecule has 1 atom stereocenters. The minimum Gasteiger partial charge on any atom is -0.468 e. The van der Waals surface area contributed by atoms with Crippen molar-refractivity contribution in [3.8, 4) is 0 Å². The van der Waals surface area contributed by atoms with Crippen LogP contribution in [0.15, 0.2) is 33.8 Å². The quantitative estimate of drug-likeness (QED) is 0.785. The Hall–Kier alpha value is -2.41. The Morgan fingerprint density at radius 2 is 2.33 bits per heavy atom. The van der Waals surface area contributed by atoms with E-state index in [1.54, 1.807) is 18.0 Å². The molecular formula is C14H17N5O2. The summed E-state index contributed by atoms with van der Waals surface area (Å²) >= 11 is 0. The van der Waals surface area contributed by atoms with Crippen molar-refractivity contribution >= 4 is 11.0 Å². The van der Waals surface area contributed by atoms with Crippen molar-refractivity contribution in [2.24, 2.45) is 7.05 Å². The number of H-pyrrole nitrogens is 1. The van der Waals surface area contributed by atoms with Gasteiger partial charge in [-0.25, -0.2) is 4.98 Å². The van der Waals surface area contributed by atoms with Gasteiger partial charge in [-0.15, -0.1) is 0 Å². The summed E-state index contributed by atoms with van der Waals surface area (Å²) in [5.41, 5.74) is 0.426. The molecule has 0 saturated carbocycles. The first-order chi connectivity index (χ1) is 10.1. The van der Waals surface area contributed by atoms with Gasteiger partial charge in [0.1, 0.15) is 17.0 Å². The molecule has 0 fully saturated rings. The lowest BCUT2D eigenvalue weighted by molar-refractivity contribution is 0.218. The van der Waals surface area contributed by atoms with Crippen LogP contribution in [0.5, 0.6) is 0 Å². The van der Waals surface area contributed by atoms with Crippen LogP contribution in [0, 0.1) is 0 Å². The van der Waals surface area contributed by atoms with Crippen molar-refractivity contribution in [2.45, 2.75) is 19.5 Å². The first-order valence-corrected chi connectivity index (χ1v) is 6.71. The van der Waals surface area contributed by atoms with Gasteiger partial charge in [0.2, 0.25) is 0 Å². The summed E-state index contributed by atoms with van der Waals surface area (Å²) in [4.78, 5) is 21.3. The Kier molecular flexibility index (Phi) is 3.34. The molecule has 21 heavy (non-hydrogen) atoms. The van der Waals surface area contributed by atoms with Gasteiger partial charge < -0.3 is 9.40 Å². The lowest BCUT2D eigenvalue weighted by Crippen LogP contribution is -2.24. The van der Waals surface area contributed by atoms with E-state index in [0.717, 1.165) is 5.76 Å². The molecule has 110 valence electrons. The van der Waals surface area contributed by atoms with E-state index >= 15 is 0 Å². The van der Waals surface area contributed by atoms with Crippen LogP contribution < -0.4 is 5.56 Å². The second-order valence-corrected chi connectivity index (χ2v) is 5.12. The third-order valence-electron chi connectivity index (χ3n) is 3.67. The molecule has 0 aliphatic rings. The Morgan fingerprint density at radius 3 is 3.05 bits per heavy atom. The number of fused-ring (bicyclic) bond motifs is 1. The van der Waals surface area contributed by atoms with Crippen LogP contribution in [0.2, 0.25) is 0 Å². The molecule has 3 aromatic rings. The smallest absolute Gasteiger partial charge is 0.262 e. The van der Waals surface area contributed by atoms with Crippen molar-refractivity contribution < 1.29 is 4.42 Å². The van der Waals surface area contributed by atoms with Gasteiger partial charge in [0.25, 0.3) is 5.56 Å². The molecule has 0 bridgehead atoms. The normalized spacial score (nSPS) is 13.1. The highest BCUT2D eigenvalue weighted by atomic mass is 16.3. The molecule has 0 radical (unpaired) electrons. The van der Waals surface area contributed by atoms with Gasteiger partial charge >= 0.3 is 0 Å². The monoisotopic (exact) mass is 287 g/mol. The van der Waals surface area contributed by atoms with E-state index in [-0.39, 0.29) is 11.6 Å². The number of hydrogen-bond donors (Lipinski definition) is 1. The predicted octanol–water partition coefficient (Wildman–Crippen LogP) is 1.44. The van der Waals surface area contributed by atoms with E-state index in [1.807, 2.05) is 26.1 Å². The summed E-state index contributed by atoms with van der Waals surface area (Å²) in [7, 11) is 3.73. The Bertz CT molecular complexity index is 802. The summed E-state index contributed by atoms with van der Waals surface area (Å²) in [6.45, 7) is 2.55. The fraction of sp³-hybridized carbons (Fsp3) is 0.357. The van der Waals surface area contributed by atoms with Crippen LogP contribution in [0.4, 0.5) is 0 Å². The van der Waals surface area contributed by atoms with Crippen molar-refractivity contribution in [1.82, 2.24) is 24.6 Å². The topological polar surface area (TPSA) is 79.9 Å². The average molecular weight is 287 g/mol. The van der Waals surface area contributed by atoms with Crippen LogP contribution in [0.1, 0.15) is 24.6 Å². The number of hydrogen-bond acceptors (Lipinski definition) is 5. The van der Waals surface area contributed by atoms with Gasteiger partial charge in [-0.3, -0.25) is 14.4 Å². The van der Waals surface area contributed by atoms with Crippen molar-refractivity contribution in [2.75, 3.05) is 7.05 Å². The lowest BCUT2D eigenvalue weighted by Gasteiger charge is -2.22. The average Bonchev–Trinajstić information content (AvgIpc) is 3.09. The SMILES string of the molecule is C[C@H](c1ccco1)N(C)Cc1nc2c(cnn2C)c(=O)[nH]1. The first kappa shape index (κ1) is 13.6. The van der Waals surface area contributed by atoms with Crippen LogP contribution in [-0.4, -0.2) is 31.7 Å². The van der Waals surface area contributed by atoms with Crippen LogP contribution in [0.25, 0.3) is 11.0 Å². The molecule has 0 amide bonds. The van der Waals surface area contributed by atoms with E-state index < -0.39 is 0 Å². The number of rotatable bonds is 4. The lowest BCUT2D eigenvalue weighted by atomic mass is 10.2. The molecule has 1 N–H and O–H groups in total. The van der Waals surface area contributed by atoms with Gasteiger partial charge in [0.15, 0.2) is 5.65 Å². The minimum absolute atomic E-state index is 0.0903. The van der Waals surface area contributed by atoms with E-state index in [1.165, 1.54) is 6.20 Å². The molecule has 3 heterocycles. The van der Waals surface area contributed by atoms with Gasteiger partial charge in [-0.05, 0) is 26.1 Å². The van der Waals surface area contributed by atoms with Crippen molar-refractivity contribution in [1.29, 1.82) is 0 Å². The number of furan rings is 1. The molecule has 0 aromatic carbocycles. The maximum absolute atomic E-state index is 12.0. The largest absolute Gasteiger partial charge is 0.468 e. The third-order valence-corrected chi connectivity index (χ3v) is 3.67. The summed E-state index contributed by atoms with van der Waals surface area (Å²) in [5.74, 6) is 1.48. The van der Waals surface area contributed by atoms with Gasteiger partial charge in [-0.1, -0.05) is 0 Å². The number of aromatic amines is 1. The van der Waals surface area contributed by atoms with E-state index in [4.69, 9.17) is 4.42 Å². The maximum atomic E-state index is 12.0. The summed E-state index contributed by atoms with van der Waals surface area (Å²) in [6.07, 6.45) is 3.18. The van der Waals surface area contributed by atoms with Gasteiger partial charge in [0.05, 0.1) is 25.0 Å². The highest BCUT2D eigenvalue weighted by Gasteiger charge is 2.16. The third kappa shape index (κ3) is 2.47. The van der Waals surface area contributed by atoms with Crippen LogP contribution in [0.3, 0.4) is 0 Å². The number of aromatic nitrogens is 4. The fourth-order valence-electron chi connectivity index (χ4n) is 2.27. The molecule has 0 unspecified atom stereocenters. The second-order valence-electron chi connectivity index (χ2n) is 5.12. The number of nitrogens with one attached hydrogen (secondary N) is 1. The van der Waals surface area contributed by atoms with Crippen LogP contribution >= 0.6 is 0 Å². The maximum Gasteiger partial charge on any atom is 0.262 e. The molecule has 0 spiro atoms. The standard InChI is InChI=1S/C14H17N5O2/c1-9(11-5-4-6-21-11)18(2)8-12-16-13-10(14(20)17-12)7-15-19(13)3/h4-7,9H,8H2,1-3H3,(H,16,17,20)/t9-/m1/s1. The Morgan fingerprint density at radius 1 is 1.52 bits per heavy atom. The Balaban J connectivity index is 1.87. The highest BCUT2D eigenvalue weighted by molar-refractivity contribution is 5.72. The van der Waals surface area contributed by atoms with Crippen LogP contribution in [-0.2, 0) is 13.6 Å². The summed E-state index contributed by atoms with van der Waals surface area (Å²) in [5, 5.41) is 4.56. The first-order valence-electron chi connectivity index (χ1n) is 6.71. The van der Waals surface area contributed by atoms with E-state index in [9.17, 15) is 4.79 Å². The fourth-order valence-corrected chi connectivity index (χ4v) is 2.27. The highest BCUT2D eigenvalue weighted by Crippen LogP contribution is 2.20. The molecule has 7 nitrogen and oxygen atoms in total. The Labute approximate surface area is 121 Å². The molecule has 0 aliphatic heterocycles. The van der Waals surface area contributed by atoms with Gasteiger partial charge in [-0.2, -0.15) is 5.10 Å².